The summed E-state index contributed by atoms with van der Waals surface area (Å²) >= 11 is 6.30. The van der Waals surface area contributed by atoms with Crippen LogP contribution in [0.4, 0.5) is 0 Å². The summed E-state index contributed by atoms with van der Waals surface area (Å²) < 4.78 is 16.1. The van der Waals surface area contributed by atoms with E-state index in [1.165, 1.54) is 38.4 Å². The zero-order chi connectivity index (χ0) is 25.1. The van der Waals surface area contributed by atoms with Crippen LogP contribution in [-0.2, 0) is 16.1 Å². The molecule has 1 fully saturated rings. The normalized spacial score (nSPS) is 16.9. The number of pyridine rings is 1. The molecule has 1 aromatic heterocycles. The van der Waals surface area contributed by atoms with Gasteiger partial charge in [-0.1, -0.05) is 35.9 Å². The second-order valence-electron chi connectivity index (χ2n) is 7.71. The van der Waals surface area contributed by atoms with Crippen LogP contribution in [0.25, 0.3) is 5.76 Å². The second kappa shape index (κ2) is 10.1. The Morgan fingerprint density at radius 3 is 2.37 bits per heavy atom. The molecule has 0 radical (unpaired) electrons. The molecule has 3 aromatic rings. The number of benzene rings is 2. The molecule has 35 heavy (non-hydrogen) atoms. The lowest BCUT2D eigenvalue weighted by atomic mass is 9.95. The van der Waals surface area contributed by atoms with Crippen molar-refractivity contribution in [3.05, 3.63) is 88.2 Å². The minimum atomic E-state index is -0.904. The van der Waals surface area contributed by atoms with E-state index in [1.807, 2.05) is 18.2 Å². The number of hydrogen-bond acceptors (Lipinski definition) is 7. The highest BCUT2D eigenvalue weighted by Crippen LogP contribution is 2.43. The van der Waals surface area contributed by atoms with Gasteiger partial charge in [-0.3, -0.25) is 14.6 Å². The zero-order valence-corrected chi connectivity index (χ0v) is 20.1. The molecule has 1 saturated heterocycles. The predicted octanol–water partition coefficient (Wildman–Crippen LogP) is 4.38. The molecule has 0 aliphatic carbocycles. The van der Waals surface area contributed by atoms with Gasteiger partial charge < -0.3 is 24.2 Å². The minimum Gasteiger partial charge on any atom is -0.507 e. The van der Waals surface area contributed by atoms with Crippen molar-refractivity contribution in [3.63, 3.8) is 0 Å². The number of methoxy groups -OCH3 is 3. The molecule has 8 nitrogen and oxygen atoms in total. The number of ether oxygens (including phenoxy) is 3. The van der Waals surface area contributed by atoms with Gasteiger partial charge in [0.15, 0.2) is 0 Å². The summed E-state index contributed by atoms with van der Waals surface area (Å²) in [5, 5.41) is 11.6. The standard InChI is InChI=1S/C26H23ClN2O6/c1-33-19-9-5-4-7-16(19)14-29-23(15-8-6-10-28-13-15)22(25(31)26(29)32)24(30)17-11-18(27)21(35-3)12-20(17)34-2/h4-13,23,30H,14H2,1-3H3/b24-22+. The third-order valence-electron chi connectivity index (χ3n) is 5.80. The number of ketones is 1. The lowest BCUT2D eigenvalue weighted by molar-refractivity contribution is -0.140. The van der Waals surface area contributed by atoms with Crippen LogP contribution in [0.2, 0.25) is 5.02 Å². The molecule has 0 bridgehead atoms. The van der Waals surface area contributed by atoms with Gasteiger partial charge in [0.1, 0.15) is 23.0 Å². The molecule has 2 heterocycles. The van der Waals surface area contributed by atoms with Gasteiger partial charge in [-0.25, -0.2) is 0 Å². The summed E-state index contributed by atoms with van der Waals surface area (Å²) in [5.74, 6) is -0.876. The van der Waals surface area contributed by atoms with Crippen LogP contribution in [0.5, 0.6) is 17.2 Å². The van der Waals surface area contributed by atoms with E-state index < -0.39 is 23.5 Å². The molecule has 0 saturated carbocycles. The van der Waals surface area contributed by atoms with Crippen LogP contribution in [0.3, 0.4) is 0 Å². The van der Waals surface area contributed by atoms with Gasteiger partial charge in [0, 0.05) is 24.0 Å². The molecule has 9 heteroatoms. The number of aromatic nitrogens is 1. The van der Waals surface area contributed by atoms with Crippen LogP contribution in [-0.4, -0.2) is 48.0 Å². The average Bonchev–Trinajstić information content (AvgIpc) is 3.13. The van der Waals surface area contributed by atoms with Gasteiger partial charge >= 0.3 is 0 Å². The molecule has 180 valence electrons. The van der Waals surface area contributed by atoms with E-state index in [2.05, 4.69) is 4.98 Å². The molecule has 1 unspecified atom stereocenters. The Kier molecular flexibility index (Phi) is 6.93. The smallest absolute Gasteiger partial charge is 0.295 e. The van der Waals surface area contributed by atoms with Gasteiger partial charge in [0.25, 0.3) is 11.7 Å². The molecule has 1 aliphatic heterocycles. The Morgan fingerprint density at radius 1 is 1.00 bits per heavy atom. The maximum atomic E-state index is 13.3. The number of aliphatic hydroxyl groups excluding tert-OH is 1. The maximum absolute atomic E-state index is 13.3. The van der Waals surface area contributed by atoms with Crippen molar-refractivity contribution < 1.29 is 28.9 Å². The lowest BCUT2D eigenvalue weighted by Gasteiger charge is -2.26. The topological polar surface area (TPSA) is 98.2 Å². The number of hydrogen-bond donors (Lipinski definition) is 1. The van der Waals surface area contributed by atoms with Crippen molar-refractivity contribution in [2.45, 2.75) is 12.6 Å². The van der Waals surface area contributed by atoms with Crippen molar-refractivity contribution in [2.75, 3.05) is 21.3 Å². The second-order valence-corrected chi connectivity index (χ2v) is 8.12. The third kappa shape index (κ3) is 4.40. The van der Waals surface area contributed by atoms with E-state index >= 15 is 0 Å². The predicted molar refractivity (Wildman–Crippen MR) is 130 cm³/mol. The van der Waals surface area contributed by atoms with Crippen molar-refractivity contribution >= 4 is 29.1 Å². The molecule has 1 atom stereocenters. The first-order chi connectivity index (χ1) is 16.9. The van der Waals surface area contributed by atoms with E-state index in [-0.39, 0.29) is 28.5 Å². The van der Waals surface area contributed by atoms with Gasteiger partial charge in [0.05, 0.1) is 50.1 Å². The Bertz CT molecular complexity index is 1310. The Morgan fingerprint density at radius 2 is 1.71 bits per heavy atom. The van der Waals surface area contributed by atoms with Crippen molar-refractivity contribution in [2.24, 2.45) is 0 Å². The summed E-state index contributed by atoms with van der Waals surface area (Å²) in [6.07, 6.45) is 3.14. The molecule has 1 amide bonds. The van der Waals surface area contributed by atoms with Crippen molar-refractivity contribution in [1.29, 1.82) is 0 Å². The monoisotopic (exact) mass is 494 g/mol. The van der Waals surface area contributed by atoms with E-state index in [1.54, 1.807) is 30.6 Å². The maximum Gasteiger partial charge on any atom is 0.295 e. The SMILES string of the molecule is COc1cc(OC)c(/C(O)=C2\C(=O)C(=O)N(Cc3ccccc3OC)C2c2cccnc2)cc1Cl. The first kappa shape index (κ1) is 24.1. The highest BCUT2D eigenvalue weighted by molar-refractivity contribution is 6.46. The van der Waals surface area contributed by atoms with Crippen LogP contribution >= 0.6 is 11.6 Å². The minimum absolute atomic E-state index is 0.0748. The number of likely N-dealkylation sites (tertiary alicyclic amines) is 1. The number of amides is 1. The van der Waals surface area contributed by atoms with Gasteiger partial charge in [0.2, 0.25) is 0 Å². The summed E-state index contributed by atoms with van der Waals surface area (Å²) in [7, 11) is 4.40. The molecule has 0 spiro atoms. The number of para-hydroxylation sites is 1. The number of carbonyl (C=O) groups excluding carboxylic acids is 2. The van der Waals surface area contributed by atoms with E-state index in [9.17, 15) is 14.7 Å². The largest absolute Gasteiger partial charge is 0.507 e. The fourth-order valence-corrected chi connectivity index (χ4v) is 4.38. The van der Waals surface area contributed by atoms with Gasteiger partial charge in [-0.15, -0.1) is 0 Å². The van der Waals surface area contributed by atoms with Crippen LogP contribution in [0.1, 0.15) is 22.7 Å². The first-order valence-electron chi connectivity index (χ1n) is 10.6. The number of Topliss-reactive ketones (excluding diaryl/α,β-unsaturated/α-hetero) is 1. The van der Waals surface area contributed by atoms with Crippen LogP contribution in [0.15, 0.2) is 66.5 Å². The number of halogens is 1. The Hall–Kier alpha value is -4.04. The zero-order valence-electron chi connectivity index (χ0n) is 19.3. The molecule has 2 aromatic carbocycles. The van der Waals surface area contributed by atoms with Crippen LogP contribution in [0, 0.1) is 0 Å². The first-order valence-corrected chi connectivity index (χ1v) is 11.0. The molecule has 1 aliphatic rings. The average molecular weight is 495 g/mol. The Balaban J connectivity index is 1.91. The summed E-state index contributed by atoms with van der Waals surface area (Å²) in [5.41, 5.74) is 1.32. The van der Waals surface area contributed by atoms with Crippen molar-refractivity contribution in [3.8, 4) is 17.2 Å². The summed E-state index contributed by atoms with van der Waals surface area (Å²) in [4.78, 5) is 32.1. The van der Waals surface area contributed by atoms with E-state index in [4.69, 9.17) is 25.8 Å². The van der Waals surface area contributed by atoms with Crippen LogP contribution < -0.4 is 14.2 Å². The fraction of sp³-hybridized carbons (Fsp3) is 0.192. The summed E-state index contributed by atoms with van der Waals surface area (Å²) in [6, 6.07) is 12.7. The number of carbonyl (C=O) groups is 2. The number of rotatable bonds is 7. The highest BCUT2D eigenvalue weighted by atomic mass is 35.5. The molecule has 1 N–H and O–H groups in total. The summed E-state index contributed by atoms with van der Waals surface area (Å²) in [6.45, 7) is 0.0748. The number of aliphatic hydroxyl groups is 1. The van der Waals surface area contributed by atoms with Gasteiger partial charge in [-0.2, -0.15) is 0 Å². The fourth-order valence-electron chi connectivity index (χ4n) is 4.13. The van der Waals surface area contributed by atoms with Gasteiger partial charge in [-0.05, 0) is 23.8 Å². The third-order valence-corrected chi connectivity index (χ3v) is 6.10. The Labute approximate surface area is 207 Å². The highest BCUT2D eigenvalue weighted by Gasteiger charge is 2.46. The lowest BCUT2D eigenvalue weighted by Crippen LogP contribution is -2.29. The molecule has 4 rings (SSSR count). The quantitative estimate of drug-likeness (QED) is 0.295. The van der Waals surface area contributed by atoms with Crippen molar-refractivity contribution in [1.82, 2.24) is 9.88 Å². The number of nitrogens with zero attached hydrogens (tertiary/aromatic N) is 2. The molecular formula is C26H23ClN2O6. The molecular weight excluding hydrogens is 472 g/mol. The van der Waals surface area contributed by atoms with E-state index in [0.717, 1.165) is 0 Å². The van der Waals surface area contributed by atoms with E-state index in [0.29, 0.717) is 22.6 Å².